The summed E-state index contributed by atoms with van der Waals surface area (Å²) >= 11 is 6.10. The van der Waals surface area contributed by atoms with Crippen LogP contribution in [-0.2, 0) is 6.54 Å². The van der Waals surface area contributed by atoms with Crippen LogP contribution in [0.4, 0.5) is 4.39 Å². The van der Waals surface area contributed by atoms with E-state index in [1.165, 1.54) is 6.07 Å². The van der Waals surface area contributed by atoms with E-state index in [1.54, 1.807) is 12.3 Å². The van der Waals surface area contributed by atoms with Crippen LogP contribution in [-0.4, -0.2) is 34.1 Å². The molecule has 0 atom stereocenters. The summed E-state index contributed by atoms with van der Waals surface area (Å²) in [6.07, 6.45) is 3.81. The quantitative estimate of drug-likeness (QED) is 0.587. The second kappa shape index (κ2) is 8.76. The lowest BCUT2D eigenvalue weighted by Crippen LogP contribution is -2.35. The smallest absolute Gasteiger partial charge is 0.302 e. The summed E-state index contributed by atoms with van der Waals surface area (Å²) in [4.78, 5) is 6.61. The van der Waals surface area contributed by atoms with Gasteiger partial charge in [0.15, 0.2) is 5.15 Å². The van der Waals surface area contributed by atoms with Gasteiger partial charge in [-0.05, 0) is 50.0 Å². The van der Waals surface area contributed by atoms with Gasteiger partial charge in [0.25, 0.3) is 0 Å². The first-order chi connectivity index (χ1) is 13.7. The number of aromatic nitrogens is 2. The van der Waals surface area contributed by atoms with E-state index in [4.69, 9.17) is 16.3 Å². The Morgan fingerprint density at radius 1 is 1.04 bits per heavy atom. The Labute approximate surface area is 169 Å². The van der Waals surface area contributed by atoms with E-state index in [0.29, 0.717) is 30.2 Å². The average Bonchev–Trinajstić information content (AvgIpc) is 3.10. The van der Waals surface area contributed by atoms with E-state index < -0.39 is 0 Å². The normalized spacial score (nSPS) is 15.6. The number of hydrogen-bond donors (Lipinski definition) is 0. The number of para-hydroxylation sites is 1. The molecule has 2 heterocycles. The zero-order valence-corrected chi connectivity index (χ0v) is 16.4. The average molecular weight is 400 g/mol. The molecule has 2 aromatic carbocycles. The number of imidazole rings is 1. The van der Waals surface area contributed by atoms with Crippen molar-refractivity contribution in [2.45, 2.75) is 19.4 Å². The molecule has 1 fully saturated rings. The number of benzene rings is 2. The van der Waals surface area contributed by atoms with Gasteiger partial charge >= 0.3 is 6.01 Å². The highest BCUT2D eigenvalue weighted by molar-refractivity contribution is 6.29. The molecule has 146 valence electrons. The molecule has 0 amide bonds. The van der Waals surface area contributed by atoms with Gasteiger partial charge in [-0.3, -0.25) is 9.47 Å². The van der Waals surface area contributed by atoms with Gasteiger partial charge in [0, 0.05) is 12.1 Å². The molecule has 0 unspecified atom stereocenters. The van der Waals surface area contributed by atoms with E-state index >= 15 is 0 Å². The lowest BCUT2D eigenvalue weighted by molar-refractivity contribution is 0.130. The molecule has 6 heteroatoms. The van der Waals surface area contributed by atoms with Crippen molar-refractivity contribution in [1.29, 1.82) is 0 Å². The largest absolute Gasteiger partial charge is 0.464 e. The molecule has 0 saturated carbocycles. The minimum atomic E-state index is -0.127. The first-order valence-electron chi connectivity index (χ1n) is 9.58. The summed E-state index contributed by atoms with van der Waals surface area (Å²) in [5, 5.41) is 0.415. The van der Waals surface area contributed by atoms with Crippen molar-refractivity contribution in [1.82, 2.24) is 14.5 Å². The third-order valence-electron chi connectivity index (χ3n) is 5.19. The Morgan fingerprint density at radius 2 is 1.75 bits per heavy atom. The lowest BCUT2D eigenvalue weighted by atomic mass is 9.97. The maximum Gasteiger partial charge on any atom is 0.302 e. The molecule has 3 aromatic rings. The number of rotatable bonds is 6. The number of hydrogen-bond acceptors (Lipinski definition) is 3. The molecule has 1 saturated heterocycles. The second-order valence-corrected chi connectivity index (χ2v) is 7.56. The highest BCUT2D eigenvalue weighted by Gasteiger charge is 2.21. The van der Waals surface area contributed by atoms with E-state index in [1.807, 2.05) is 47.0 Å². The van der Waals surface area contributed by atoms with Gasteiger partial charge in [-0.1, -0.05) is 48.0 Å². The van der Waals surface area contributed by atoms with Crippen LogP contribution in [0.2, 0.25) is 5.15 Å². The monoisotopic (exact) mass is 399 g/mol. The number of nitrogens with zero attached hydrogens (tertiary/aromatic N) is 3. The number of piperidine rings is 1. The summed E-state index contributed by atoms with van der Waals surface area (Å²) in [7, 11) is 0. The fraction of sp³-hybridized carbons (Fsp3) is 0.318. The second-order valence-electron chi connectivity index (χ2n) is 7.17. The lowest BCUT2D eigenvalue weighted by Gasteiger charge is -2.31. The van der Waals surface area contributed by atoms with Crippen LogP contribution in [0.25, 0.3) is 5.69 Å². The molecule has 4 nitrogen and oxygen atoms in total. The Morgan fingerprint density at radius 3 is 2.50 bits per heavy atom. The molecule has 0 spiro atoms. The van der Waals surface area contributed by atoms with Gasteiger partial charge in [0.1, 0.15) is 5.82 Å². The molecule has 28 heavy (non-hydrogen) atoms. The van der Waals surface area contributed by atoms with E-state index in [2.05, 4.69) is 9.88 Å². The molecule has 0 radical (unpaired) electrons. The van der Waals surface area contributed by atoms with E-state index in [-0.39, 0.29) is 5.82 Å². The molecular weight excluding hydrogens is 377 g/mol. The van der Waals surface area contributed by atoms with Crippen LogP contribution in [0.15, 0.2) is 60.8 Å². The van der Waals surface area contributed by atoms with Crippen molar-refractivity contribution in [2.24, 2.45) is 5.92 Å². The molecule has 0 aliphatic carbocycles. The fourth-order valence-corrected chi connectivity index (χ4v) is 3.75. The molecular formula is C22H23ClFN3O. The number of ether oxygens (including phenoxy) is 1. The molecule has 0 N–H and O–H groups in total. The summed E-state index contributed by atoms with van der Waals surface area (Å²) in [5.74, 6) is 0.328. The maximum absolute atomic E-state index is 13.8. The van der Waals surface area contributed by atoms with Gasteiger partial charge in [-0.15, -0.1) is 0 Å². The van der Waals surface area contributed by atoms with E-state index in [9.17, 15) is 4.39 Å². The first kappa shape index (κ1) is 19.0. The van der Waals surface area contributed by atoms with Crippen LogP contribution in [0.5, 0.6) is 6.01 Å². The third-order valence-corrected chi connectivity index (χ3v) is 5.37. The standard InChI is InChI=1S/C22H23ClFN3O/c23-21-15-27(19-7-2-1-3-8-19)22(25-21)28-16-17-10-12-26(13-11-17)14-18-6-4-5-9-20(18)24/h1-9,15,17H,10-14,16H2. The molecule has 4 rings (SSSR count). The Kier molecular flexibility index (Phi) is 5.93. The van der Waals surface area contributed by atoms with Crippen molar-refractivity contribution < 1.29 is 9.13 Å². The predicted octanol–water partition coefficient (Wildman–Crippen LogP) is 4.96. The summed E-state index contributed by atoms with van der Waals surface area (Å²) in [6, 6.07) is 17.4. The zero-order valence-electron chi connectivity index (χ0n) is 15.6. The fourth-order valence-electron chi connectivity index (χ4n) is 3.58. The van der Waals surface area contributed by atoms with Crippen LogP contribution in [0, 0.1) is 11.7 Å². The van der Waals surface area contributed by atoms with Crippen molar-refractivity contribution >= 4 is 11.6 Å². The first-order valence-corrected chi connectivity index (χ1v) is 9.96. The van der Waals surface area contributed by atoms with Crippen molar-refractivity contribution in [3.8, 4) is 11.7 Å². The minimum absolute atomic E-state index is 0.127. The van der Waals surface area contributed by atoms with Crippen LogP contribution in [0.1, 0.15) is 18.4 Å². The van der Waals surface area contributed by atoms with Crippen molar-refractivity contribution in [3.63, 3.8) is 0 Å². The summed E-state index contributed by atoms with van der Waals surface area (Å²) in [6.45, 7) is 3.15. The van der Waals surface area contributed by atoms with Crippen LogP contribution >= 0.6 is 11.6 Å². The maximum atomic E-state index is 13.8. The summed E-state index contributed by atoms with van der Waals surface area (Å²) in [5.41, 5.74) is 1.73. The molecule has 1 aromatic heterocycles. The topological polar surface area (TPSA) is 30.3 Å². The van der Waals surface area contributed by atoms with Crippen molar-refractivity contribution in [3.05, 3.63) is 77.3 Å². The zero-order chi connectivity index (χ0) is 19.3. The molecule has 1 aliphatic rings. The Balaban J connectivity index is 1.31. The molecule has 1 aliphatic heterocycles. The van der Waals surface area contributed by atoms with Gasteiger partial charge in [-0.2, -0.15) is 4.98 Å². The van der Waals surface area contributed by atoms with Gasteiger partial charge in [-0.25, -0.2) is 4.39 Å². The van der Waals surface area contributed by atoms with Gasteiger partial charge in [0.2, 0.25) is 0 Å². The predicted molar refractivity (Wildman–Crippen MR) is 108 cm³/mol. The SMILES string of the molecule is Fc1ccccc1CN1CCC(COc2nc(Cl)cn2-c2ccccc2)CC1. The minimum Gasteiger partial charge on any atom is -0.464 e. The highest BCUT2D eigenvalue weighted by Crippen LogP contribution is 2.24. The number of halogens is 2. The van der Waals surface area contributed by atoms with Gasteiger partial charge < -0.3 is 4.74 Å². The Bertz CT molecular complexity index is 907. The third kappa shape index (κ3) is 4.54. The van der Waals surface area contributed by atoms with E-state index in [0.717, 1.165) is 37.2 Å². The summed E-state index contributed by atoms with van der Waals surface area (Å²) < 4.78 is 21.7. The Hall–Kier alpha value is -2.37. The number of likely N-dealkylation sites (tertiary alicyclic amines) is 1. The highest BCUT2D eigenvalue weighted by atomic mass is 35.5. The van der Waals surface area contributed by atoms with Crippen LogP contribution in [0.3, 0.4) is 0 Å². The van der Waals surface area contributed by atoms with Crippen LogP contribution < -0.4 is 4.74 Å². The van der Waals surface area contributed by atoms with Crippen molar-refractivity contribution in [2.75, 3.05) is 19.7 Å². The van der Waals surface area contributed by atoms with Gasteiger partial charge in [0.05, 0.1) is 18.5 Å². The molecule has 0 bridgehead atoms.